The summed E-state index contributed by atoms with van der Waals surface area (Å²) < 4.78 is 20.3. The van der Waals surface area contributed by atoms with Crippen molar-refractivity contribution in [1.82, 2.24) is 0 Å². The first-order valence-electron chi connectivity index (χ1n) is 10.5. The number of carbonyl (C=O) groups is 4. The Morgan fingerprint density at radius 1 is 1.31 bits per heavy atom. The van der Waals surface area contributed by atoms with E-state index in [0.717, 1.165) is 0 Å². The molecule has 0 amide bonds. The molecule has 4 atom stereocenters. The van der Waals surface area contributed by atoms with Crippen molar-refractivity contribution in [3.63, 3.8) is 0 Å². The molecule has 2 aliphatic rings. The lowest BCUT2D eigenvalue weighted by molar-refractivity contribution is -0.158. The molecular weight excluding hydrogens is 420 g/mol. The number of hydrogen-bond donors (Lipinski definition) is 1. The molecule has 9 nitrogen and oxygen atoms in total. The Balaban J connectivity index is 2.06. The van der Waals surface area contributed by atoms with Crippen LogP contribution in [0.1, 0.15) is 52.9 Å². The third kappa shape index (κ3) is 5.38. The number of ether oxygens (including phenoxy) is 4. The molecule has 0 aromatic rings. The largest absolute Gasteiger partial charge is 0.511 e. The molecule has 2 aliphatic heterocycles. The van der Waals surface area contributed by atoms with Gasteiger partial charge < -0.3 is 24.1 Å². The first kappa shape index (κ1) is 25.2. The van der Waals surface area contributed by atoms with Gasteiger partial charge in [0, 0.05) is 12.8 Å². The van der Waals surface area contributed by atoms with E-state index in [1.54, 1.807) is 13.0 Å². The van der Waals surface area contributed by atoms with Crippen LogP contribution in [0.25, 0.3) is 0 Å². The van der Waals surface area contributed by atoms with E-state index in [1.807, 2.05) is 13.8 Å². The lowest BCUT2D eigenvalue weighted by atomic mass is 9.85. The number of ketones is 1. The van der Waals surface area contributed by atoms with E-state index in [9.17, 15) is 24.3 Å². The van der Waals surface area contributed by atoms with Crippen molar-refractivity contribution in [2.75, 3.05) is 7.11 Å². The van der Waals surface area contributed by atoms with Crippen LogP contribution in [0, 0.1) is 5.92 Å². The molecular formula is C23H30O9. The first-order valence-corrected chi connectivity index (χ1v) is 10.5. The highest BCUT2D eigenvalue weighted by atomic mass is 16.8. The number of Topliss-reactive ketones (excluding diaryl/α,β-unsaturated/α-hetero) is 1. The third-order valence-corrected chi connectivity index (χ3v) is 5.60. The highest BCUT2D eigenvalue weighted by molar-refractivity contribution is 6.19. The van der Waals surface area contributed by atoms with Crippen LogP contribution in [-0.4, -0.2) is 53.9 Å². The van der Waals surface area contributed by atoms with E-state index in [-0.39, 0.29) is 36.5 Å². The number of cyclic esters (lactones) is 3. The molecule has 0 bridgehead atoms. The number of allylic oxidation sites excluding steroid dienone is 3. The second-order valence-electron chi connectivity index (χ2n) is 8.08. The van der Waals surface area contributed by atoms with Crippen molar-refractivity contribution in [2.45, 2.75) is 70.7 Å². The summed E-state index contributed by atoms with van der Waals surface area (Å²) in [5, 5.41) is 10.2. The van der Waals surface area contributed by atoms with Crippen LogP contribution >= 0.6 is 0 Å². The lowest BCUT2D eigenvalue weighted by Gasteiger charge is -2.28. The van der Waals surface area contributed by atoms with Crippen LogP contribution < -0.4 is 0 Å². The van der Waals surface area contributed by atoms with E-state index < -0.39 is 41.7 Å². The molecule has 32 heavy (non-hydrogen) atoms. The molecule has 0 aliphatic carbocycles. The van der Waals surface area contributed by atoms with Gasteiger partial charge in [0.2, 0.25) is 0 Å². The lowest BCUT2D eigenvalue weighted by Crippen LogP contribution is -2.49. The van der Waals surface area contributed by atoms with Crippen LogP contribution in [-0.2, 0) is 33.3 Å². The molecule has 2 rings (SSSR count). The van der Waals surface area contributed by atoms with Crippen LogP contribution in [0.4, 0.5) is 4.79 Å². The van der Waals surface area contributed by atoms with Gasteiger partial charge in [-0.2, -0.15) is 0 Å². The zero-order valence-electron chi connectivity index (χ0n) is 18.8. The predicted octanol–water partition coefficient (Wildman–Crippen LogP) is 3.48. The molecule has 1 N–H and O–H groups in total. The Morgan fingerprint density at radius 3 is 2.59 bits per heavy atom. The summed E-state index contributed by atoms with van der Waals surface area (Å²) in [5.74, 6) is -2.52. The molecule has 0 saturated carbocycles. The van der Waals surface area contributed by atoms with Gasteiger partial charge in [-0.25, -0.2) is 14.4 Å². The molecule has 2 heterocycles. The maximum Gasteiger partial charge on any atom is 0.510 e. The zero-order valence-corrected chi connectivity index (χ0v) is 18.8. The standard InChI is InChI=1S/C23H30O9/c1-6-14(3)19-23(21(27)29-5,32-22(28)31-19)11-7-8-13(2)9-10-16(24)18-17(25)12-15(4)30-20(18)26/h7,11,14-15,19,24H,2,6,8-10,12H2,1,3-5H3/b11-7+,18-16+/t14-,15+,19+,23-/m0/s1. The number of aliphatic hydroxyl groups excluding tert-OH is 1. The Kier molecular flexibility index (Phi) is 8.24. The Morgan fingerprint density at radius 2 is 2.00 bits per heavy atom. The fourth-order valence-electron chi connectivity index (χ4n) is 3.64. The number of rotatable bonds is 9. The summed E-state index contributed by atoms with van der Waals surface area (Å²) in [6, 6.07) is 0. The van der Waals surface area contributed by atoms with E-state index in [0.29, 0.717) is 18.4 Å². The highest BCUT2D eigenvalue weighted by Gasteiger charge is 2.58. The maximum atomic E-state index is 12.5. The predicted molar refractivity (Wildman–Crippen MR) is 113 cm³/mol. The van der Waals surface area contributed by atoms with Gasteiger partial charge in [0.1, 0.15) is 17.4 Å². The summed E-state index contributed by atoms with van der Waals surface area (Å²) in [6.45, 7) is 9.27. The molecule has 176 valence electrons. The fourth-order valence-corrected chi connectivity index (χ4v) is 3.64. The summed E-state index contributed by atoms with van der Waals surface area (Å²) in [4.78, 5) is 48.2. The highest BCUT2D eigenvalue weighted by Crippen LogP contribution is 2.36. The van der Waals surface area contributed by atoms with Crippen molar-refractivity contribution in [2.24, 2.45) is 5.92 Å². The number of aliphatic hydroxyl groups is 1. The van der Waals surface area contributed by atoms with Crippen molar-refractivity contribution < 1.29 is 43.2 Å². The average molecular weight is 450 g/mol. The molecule has 0 unspecified atom stereocenters. The molecule has 9 heteroatoms. The quantitative estimate of drug-likeness (QED) is 0.140. The summed E-state index contributed by atoms with van der Waals surface area (Å²) in [7, 11) is 1.20. The zero-order chi connectivity index (χ0) is 24.1. The van der Waals surface area contributed by atoms with Gasteiger partial charge in [-0.15, -0.1) is 0 Å². The molecule has 0 radical (unpaired) electrons. The van der Waals surface area contributed by atoms with Gasteiger partial charge >= 0.3 is 18.1 Å². The normalized spacial score (nSPS) is 28.1. The van der Waals surface area contributed by atoms with Crippen molar-refractivity contribution in [3.05, 3.63) is 35.6 Å². The smallest absolute Gasteiger partial charge is 0.510 e. The minimum Gasteiger partial charge on any atom is -0.511 e. The molecule has 0 spiro atoms. The fraction of sp³-hybridized carbons (Fsp3) is 0.565. The van der Waals surface area contributed by atoms with Gasteiger partial charge in [0.25, 0.3) is 5.60 Å². The Bertz CT molecular complexity index is 834. The summed E-state index contributed by atoms with van der Waals surface area (Å²) in [5.41, 5.74) is -1.35. The van der Waals surface area contributed by atoms with Crippen molar-refractivity contribution >= 4 is 23.9 Å². The van der Waals surface area contributed by atoms with E-state index in [1.165, 1.54) is 13.2 Å². The number of carbonyl (C=O) groups excluding carboxylic acids is 4. The number of methoxy groups -OCH3 is 1. The van der Waals surface area contributed by atoms with Gasteiger partial charge in [-0.3, -0.25) is 4.79 Å². The van der Waals surface area contributed by atoms with Crippen LogP contribution in [0.3, 0.4) is 0 Å². The van der Waals surface area contributed by atoms with Crippen LogP contribution in [0.15, 0.2) is 35.6 Å². The SMILES string of the molecule is C=C(C/C=C/[C@]1(C(=O)OC)OC(=O)O[C@@H]1[C@@H](C)CC)CC/C(O)=C1/C(=O)C[C@@H](C)OC1=O. The second-order valence-corrected chi connectivity index (χ2v) is 8.08. The average Bonchev–Trinajstić information content (AvgIpc) is 3.07. The third-order valence-electron chi connectivity index (χ3n) is 5.60. The summed E-state index contributed by atoms with van der Waals surface area (Å²) in [6.07, 6.45) is 2.05. The van der Waals surface area contributed by atoms with E-state index in [4.69, 9.17) is 18.9 Å². The first-order chi connectivity index (χ1) is 15.0. The topological polar surface area (TPSA) is 125 Å². The minimum atomic E-state index is -1.69. The van der Waals surface area contributed by atoms with Gasteiger partial charge in [-0.1, -0.05) is 32.1 Å². The molecule has 0 aromatic heterocycles. The van der Waals surface area contributed by atoms with Crippen molar-refractivity contribution in [3.8, 4) is 0 Å². The van der Waals surface area contributed by atoms with Crippen molar-refractivity contribution in [1.29, 1.82) is 0 Å². The van der Waals surface area contributed by atoms with E-state index >= 15 is 0 Å². The maximum absolute atomic E-state index is 12.5. The van der Waals surface area contributed by atoms with E-state index in [2.05, 4.69) is 6.58 Å². The number of hydrogen-bond acceptors (Lipinski definition) is 9. The molecule has 2 saturated heterocycles. The number of esters is 2. The second kappa shape index (κ2) is 10.5. The van der Waals surface area contributed by atoms with Gasteiger partial charge in [0.15, 0.2) is 11.9 Å². The monoisotopic (exact) mass is 450 g/mol. The summed E-state index contributed by atoms with van der Waals surface area (Å²) >= 11 is 0. The van der Waals surface area contributed by atoms with Crippen LogP contribution in [0.2, 0.25) is 0 Å². The Labute approximate surface area is 187 Å². The molecule has 2 fully saturated rings. The Hall–Kier alpha value is -3.10. The van der Waals surface area contributed by atoms with Gasteiger partial charge in [0.05, 0.1) is 7.11 Å². The van der Waals surface area contributed by atoms with Crippen LogP contribution in [0.5, 0.6) is 0 Å². The minimum absolute atomic E-state index is 0.0303. The van der Waals surface area contributed by atoms with Gasteiger partial charge in [-0.05, 0) is 38.2 Å². The molecule has 0 aromatic carbocycles.